The van der Waals surface area contributed by atoms with Gasteiger partial charge in [-0.3, -0.25) is 0 Å². The highest BCUT2D eigenvalue weighted by molar-refractivity contribution is 7.89. The number of benzene rings is 1. The number of methoxy groups -OCH3 is 1. The van der Waals surface area contributed by atoms with Crippen LogP contribution in [0.5, 0.6) is 5.75 Å². The molecule has 0 radical (unpaired) electrons. The van der Waals surface area contributed by atoms with E-state index in [1.54, 1.807) is 48.9 Å². The first-order valence-corrected chi connectivity index (χ1v) is 9.22. The molecule has 0 spiro atoms. The van der Waals surface area contributed by atoms with Gasteiger partial charge in [0.1, 0.15) is 5.75 Å². The number of nitrogens with zero attached hydrogens (tertiary/aromatic N) is 3. The van der Waals surface area contributed by atoms with E-state index in [1.165, 1.54) is 4.31 Å². The molecule has 0 N–H and O–H groups in total. The molecule has 1 fully saturated rings. The standard InChI is InChI=1S/C14H17N3O3S2/c1-20-12-2-4-13(5-3-12)22(18,19)17-9-7-16(8-10-17)14-15-6-11-21-14/h2-6,11H,7-10H2,1H3. The number of thiazole rings is 1. The summed E-state index contributed by atoms with van der Waals surface area (Å²) >= 11 is 1.57. The second-order valence-corrected chi connectivity index (χ2v) is 7.69. The van der Waals surface area contributed by atoms with Crippen LogP contribution in [0, 0.1) is 0 Å². The molecule has 0 bridgehead atoms. The summed E-state index contributed by atoms with van der Waals surface area (Å²) in [6.45, 7) is 2.24. The van der Waals surface area contributed by atoms with Gasteiger partial charge in [-0.15, -0.1) is 11.3 Å². The molecule has 118 valence electrons. The van der Waals surface area contributed by atoms with Crippen molar-refractivity contribution in [3.05, 3.63) is 35.8 Å². The average Bonchev–Trinajstić information content (AvgIpc) is 3.09. The third kappa shape index (κ3) is 2.94. The molecule has 0 saturated carbocycles. The van der Waals surface area contributed by atoms with Gasteiger partial charge in [-0.1, -0.05) is 0 Å². The highest BCUT2D eigenvalue weighted by atomic mass is 32.2. The predicted octanol–water partition coefficient (Wildman–Crippen LogP) is 1.66. The lowest BCUT2D eigenvalue weighted by molar-refractivity contribution is 0.384. The number of hydrogen-bond donors (Lipinski definition) is 0. The molecule has 6 nitrogen and oxygen atoms in total. The van der Waals surface area contributed by atoms with Crippen molar-refractivity contribution in [1.29, 1.82) is 0 Å². The summed E-state index contributed by atoms with van der Waals surface area (Å²) in [5, 5.41) is 2.87. The van der Waals surface area contributed by atoms with Gasteiger partial charge in [0.15, 0.2) is 5.13 Å². The van der Waals surface area contributed by atoms with Gasteiger partial charge >= 0.3 is 0 Å². The average molecular weight is 339 g/mol. The Morgan fingerprint density at radius 3 is 2.36 bits per heavy atom. The first-order chi connectivity index (χ1) is 10.6. The topological polar surface area (TPSA) is 62.7 Å². The summed E-state index contributed by atoms with van der Waals surface area (Å²) in [6.07, 6.45) is 1.76. The molecule has 0 aliphatic carbocycles. The summed E-state index contributed by atoms with van der Waals surface area (Å²) in [5.41, 5.74) is 0. The van der Waals surface area contributed by atoms with Gasteiger partial charge in [-0.25, -0.2) is 13.4 Å². The number of aromatic nitrogens is 1. The van der Waals surface area contributed by atoms with Crippen molar-refractivity contribution >= 4 is 26.5 Å². The third-order valence-electron chi connectivity index (χ3n) is 3.63. The number of rotatable bonds is 4. The molecule has 0 amide bonds. The Morgan fingerprint density at radius 1 is 1.14 bits per heavy atom. The zero-order valence-corrected chi connectivity index (χ0v) is 13.8. The van der Waals surface area contributed by atoms with Gasteiger partial charge in [0.05, 0.1) is 12.0 Å². The van der Waals surface area contributed by atoms with E-state index in [-0.39, 0.29) is 0 Å². The normalized spacial score (nSPS) is 16.7. The zero-order valence-electron chi connectivity index (χ0n) is 12.2. The number of ether oxygens (including phenoxy) is 1. The monoisotopic (exact) mass is 339 g/mol. The Morgan fingerprint density at radius 2 is 1.82 bits per heavy atom. The van der Waals surface area contributed by atoms with E-state index in [0.29, 0.717) is 36.8 Å². The number of piperazine rings is 1. The van der Waals surface area contributed by atoms with Gasteiger partial charge in [0.2, 0.25) is 10.0 Å². The van der Waals surface area contributed by atoms with Crippen molar-refractivity contribution in [2.75, 3.05) is 38.2 Å². The lowest BCUT2D eigenvalue weighted by atomic mass is 10.3. The molecular formula is C14H17N3O3S2. The molecule has 1 aliphatic rings. The van der Waals surface area contributed by atoms with Crippen LogP contribution in [0.2, 0.25) is 0 Å². The molecule has 2 heterocycles. The Labute approximate surface area is 134 Å². The van der Waals surface area contributed by atoms with Crippen LogP contribution < -0.4 is 9.64 Å². The summed E-state index contributed by atoms with van der Waals surface area (Å²) in [5.74, 6) is 0.646. The molecule has 8 heteroatoms. The van der Waals surface area contributed by atoms with Crippen molar-refractivity contribution in [3.63, 3.8) is 0 Å². The minimum atomic E-state index is -3.45. The lowest BCUT2D eigenvalue weighted by Gasteiger charge is -2.33. The minimum absolute atomic E-state index is 0.302. The molecule has 2 aromatic rings. The van der Waals surface area contributed by atoms with Crippen LogP contribution >= 0.6 is 11.3 Å². The van der Waals surface area contributed by atoms with E-state index in [4.69, 9.17) is 4.74 Å². The van der Waals surface area contributed by atoms with Crippen LogP contribution in [0.3, 0.4) is 0 Å². The summed E-state index contributed by atoms with van der Waals surface area (Å²) in [4.78, 5) is 6.68. The third-order valence-corrected chi connectivity index (χ3v) is 6.37. The Balaban J connectivity index is 1.71. The largest absolute Gasteiger partial charge is 0.497 e. The second kappa shape index (κ2) is 6.23. The smallest absolute Gasteiger partial charge is 0.243 e. The highest BCUT2D eigenvalue weighted by Gasteiger charge is 2.29. The van der Waals surface area contributed by atoms with Gasteiger partial charge in [-0.2, -0.15) is 4.31 Å². The summed E-state index contributed by atoms with van der Waals surface area (Å²) in [6, 6.07) is 6.50. The number of sulfonamides is 1. The van der Waals surface area contributed by atoms with Crippen LogP contribution in [0.25, 0.3) is 0 Å². The molecule has 22 heavy (non-hydrogen) atoms. The Hall–Kier alpha value is -1.64. The second-order valence-electron chi connectivity index (χ2n) is 4.88. The number of hydrogen-bond acceptors (Lipinski definition) is 6. The Bertz CT molecular complexity index is 706. The molecular weight excluding hydrogens is 322 g/mol. The van der Waals surface area contributed by atoms with E-state index in [2.05, 4.69) is 9.88 Å². The van der Waals surface area contributed by atoms with Crippen LogP contribution in [0.1, 0.15) is 0 Å². The van der Waals surface area contributed by atoms with Crippen molar-refractivity contribution in [2.45, 2.75) is 4.90 Å². The van der Waals surface area contributed by atoms with Gasteiger partial charge in [0.25, 0.3) is 0 Å². The maximum atomic E-state index is 12.6. The molecule has 1 aliphatic heterocycles. The quantitative estimate of drug-likeness (QED) is 0.848. The summed E-state index contributed by atoms with van der Waals surface area (Å²) in [7, 11) is -1.89. The minimum Gasteiger partial charge on any atom is -0.497 e. The van der Waals surface area contributed by atoms with Crippen molar-refractivity contribution in [2.24, 2.45) is 0 Å². The lowest BCUT2D eigenvalue weighted by Crippen LogP contribution is -2.48. The fraction of sp³-hybridized carbons (Fsp3) is 0.357. The van der Waals surface area contributed by atoms with Crippen molar-refractivity contribution < 1.29 is 13.2 Å². The molecule has 3 rings (SSSR count). The first kappa shape index (κ1) is 15.3. The van der Waals surface area contributed by atoms with E-state index in [9.17, 15) is 8.42 Å². The molecule has 0 atom stereocenters. The van der Waals surface area contributed by atoms with Crippen molar-refractivity contribution in [1.82, 2.24) is 9.29 Å². The first-order valence-electron chi connectivity index (χ1n) is 6.90. The number of anilines is 1. The zero-order chi connectivity index (χ0) is 15.6. The van der Waals surface area contributed by atoms with E-state index < -0.39 is 10.0 Å². The van der Waals surface area contributed by atoms with Crippen LogP contribution in [0.15, 0.2) is 40.7 Å². The molecule has 1 aromatic heterocycles. The van der Waals surface area contributed by atoms with Gasteiger partial charge in [0, 0.05) is 37.8 Å². The fourth-order valence-corrected chi connectivity index (χ4v) is 4.51. The van der Waals surface area contributed by atoms with Crippen LogP contribution in [-0.2, 0) is 10.0 Å². The van der Waals surface area contributed by atoms with Crippen LogP contribution in [0.4, 0.5) is 5.13 Å². The predicted molar refractivity (Wildman–Crippen MR) is 86.1 cm³/mol. The molecule has 1 saturated heterocycles. The molecule has 0 unspecified atom stereocenters. The van der Waals surface area contributed by atoms with E-state index in [1.807, 2.05) is 5.38 Å². The van der Waals surface area contributed by atoms with E-state index in [0.717, 1.165) is 5.13 Å². The fourth-order valence-electron chi connectivity index (χ4n) is 2.39. The van der Waals surface area contributed by atoms with Gasteiger partial charge < -0.3 is 9.64 Å². The van der Waals surface area contributed by atoms with Crippen molar-refractivity contribution in [3.8, 4) is 5.75 Å². The summed E-state index contributed by atoms with van der Waals surface area (Å²) < 4.78 is 31.9. The van der Waals surface area contributed by atoms with Crippen LogP contribution in [-0.4, -0.2) is 51.0 Å². The highest BCUT2D eigenvalue weighted by Crippen LogP contribution is 2.23. The van der Waals surface area contributed by atoms with Gasteiger partial charge in [-0.05, 0) is 24.3 Å². The maximum Gasteiger partial charge on any atom is 0.243 e. The maximum absolute atomic E-state index is 12.6. The molecule has 1 aromatic carbocycles. The SMILES string of the molecule is COc1ccc(S(=O)(=O)N2CCN(c3nccs3)CC2)cc1. The Kier molecular flexibility index (Phi) is 4.32. The van der Waals surface area contributed by atoms with E-state index >= 15 is 0 Å².